The number of H-pyrrole nitrogens is 1. The summed E-state index contributed by atoms with van der Waals surface area (Å²) in [7, 11) is 3.71. The third kappa shape index (κ3) is 4.66. The highest BCUT2D eigenvalue weighted by atomic mass is 16.2. The third-order valence-electron chi connectivity index (χ3n) is 5.60. The number of carbonyl (C=O) groups excluding carboxylic acids is 1. The summed E-state index contributed by atoms with van der Waals surface area (Å²) >= 11 is 0. The van der Waals surface area contributed by atoms with Gasteiger partial charge in [0, 0.05) is 43.5 Å². The zero-order chi connectivity index (χ0) is 21.8. The number of benzene rings is 1. The number of hydrogen-bond acceptors (Lipinski definition) is 4. The number of amides is 1. The molecule has 0 radical (unpaired) electrons. The standard InChI is InChI=1S/C24H28N6O/c1-17-21-14-19(16-25-23(21)30(3)28-17)24(31)29(2)13-9-5-8-12-20-15-22(27-26-20)18-10-6-4-7-11-18/h4,6-7,10-11,14-16H,5,8-9,12-13H2,1-3H3,(H,26,27). The number of nitrogens with one attached hydrogen (secondary N) is 1. The lowest BCUT2D eigenvalue weighted by molar-refractivity contribution is 0.0792. The first-order valence-corrected chi connectivity index (χ1v) is 10.7. The molecular formula is C24H28N6O. The molecule has 7 nitrogen and oxygen atoms in total. The fourth-order valence-electron chi connectivity index (χ4n) is 3.83. The fraction of sp³-hybridized carbons (Fsp3) is 0.333. The van der Waals surface area contributed by atoms with Crippen molar-refractivity contribution in [3.05, 3.63) is 65.6 Å². The highest BCUT2D eigenvalue weighted by Crippen LogP contribution is 2.19. The zero-order valence-corrected chi connectivity index (χ0v) is 18.3. The van der Waals surface area contributed by atoms with Crippen LogP contribution in [-0.2, 0) is 13.5 Å². The van der Waals surface area contributed by atoms with Gasteiger partial charge in [-0.3, -0.25) is 14.6 Å². The molecule has 1 aromatic carbocycles. The van der Waals surface area contributed by atoms with Crippen molar-refractivity contribution in [3.8, 4) is 11.3 Å². The molecule has 1 amide bonds. The molecule has 0 fully saturated rings. The molecule has 0 aliphatic heterocycles. The molecule has 0 aliphatic carbocycles. The summed E-state index contributed by atoms with van der Waals surface area (Å²) in [5.41, 5.74) is 5.55. The van der Waals surface area contributed by atoms with Gasteiger partial charge < -0.3 is 4.90 Å². The second kappa shape index (κ2) is 9.12. The van der Waals surface area contributed by atoms with Crippen LogP contribution < -0.4 is 0 Å². The van der Waals surface area contributed by atoms with Crippen LogP contribution in [0.2, 0.25) is 0 Å². The van der Waals surface area contributed by atoms with Gasteiger partial charge in [0.15, 0.2) is 5.65 Å². The Labute approximate surface area is 182 Å². The Kier molecular flexibility index (Phi) is 6.11. The van der Waals surface area contributed by atoms with Gasteiger partial charge in [0.05, 0.1) is 17.0 Å². The van der Waals surface area contributed by atoms with Crippen LogP contribution in [0.15, 0.2) is 48.7 Å². The lowest BCUT2D eigenvalue weighted by Crippen LogP contribution is -2.27. The van der Waals surface area contributed by atoms with Crippen LogP contribution >= 0.6 is 0 Å². The Morgan fingerprint density at radius 1 is 1.13 bits per heavy atom. The minimum Gasteiger partial charge on any atom is -0.342 e. The number of unbranched alkanes of at least 4 members (excludes halogenated alkanes) is 2. The minimum absolute atomic E-state index is 0.00118. The Morgan fingerprint density at radius 2 is 1.94 bits per heavy atom. The normalized spacial score (nSPS) is 11.2. The van der Waals surface area contributed by atoms with E-state index < -0.39 is 0 Å². The predicted molar refractivity (Wildman–Crippen MR) is 122 cm³/mol. The molecule has 0 saturated carbocycles. The number of pyridine rings is 1. The molecule has 1 N–H and O–H groups in total. The summed E-state index contributed by atoms with van der Waals surface area (Å²) in [6.45, 7) is 2.66. The van der Waals surface area contributed by atoms with E-state index in [-0.39, 0.29) is 5.91 Å². The van der Waals surface area contributed by atoms with Crippen molar-refractivity contribution in [2.45, 2.75) is 32.6 Å². The van der Waals surface area contributed by atoms with Crippen molar-refractivity contribution in [1.29, 1.82) is 0 Å². The lowest BCUT2D eigenvalue weighted by Gasteiger charge is -2.17. The molecule has 3 heterocycles. The van der Waals surface area contributed by atoms with E-state index in [2.05, 4.69) is 38.5 Å². The molecule has 31 heavy (non-hydrogen) atoms. The van der Waals surface area contributed by atoms with Crippen LogP contribution in [0.5, 0.6) is 0 Å². The second-order valence-corrected chi connectivity index (χ2v) is 7.99. The Hall–Kier alpha value is -3.48. The van der Waals surface area contributed by atoms with Crippen molar-refractivity contribution in [3.63, 3.8) is 0 Å². The van der Waals surface area contributed by atoms with Crippen LogP contribution in [0.1, 0.15) is 41.0 Å². The monoisotopic (exact) mass is 416 g/mol. The quantitative estimate of drug-likeness (QED) is 0.438. The zero-order valence-electron chi connectivity index (χ0n) is 18.3. The SMILES string of the molecule is Cc1nn(C)c2ncc(C(=O)N(C)CCCCCc3cc(-c4ccccc4)n[nH]3)cc12. The maximum Gasteiger partial charge on any atom is 0.255 e. The fourth-order valence-corrected chi connectivity index (χ4v) is 3.83. The Bertz CT molecular complexity index is 1180. The van der Waals surface area contributed by atoms with Gasteiger partial charge >= 0.3 is 0 Å². The van der Waals surface area contributed by atoms with E-state index in [0.717, 1.165) is 65.9 Å². The van der Waals surface area contributed by atoms with Crippen LogP contribution in [-0.4, -0.2) is 49.4 Å². The average molecular weight is 417 g/mol. The number of aromatic amines is 1. The van der Waals surface area contributed by atoms with Gasteiger partial charge in [-0.2, -0.15) is 10.2 Å². The first-order chi connectivity index (χ1) is 15.0. The van der Waals surface area contributed by atoms with Gasteiger partial charge in [0.1, 0.15) is 0 Å². The highest BCUT2D eigenvalue weighted by Gasteiger charge is 2.15. The lowest BCUT2D eigenvalue weighted by atomic mass is 10.1. The van der Waals surface area contributed by atoms with Gasteiger partial charge in [-0.25, -0.2) is 4.98 Å². The topological polar surface area (TPSA) is 79.7 Å². The first-order valence-electron chi connectivity index (χ1n) is 10.7. The predicted octanol–water partition coefficient (Wildman–Crippen LogP) is 4.15. The van der Waals surface area contributed by atoms with E-state index >= 15 is 0 Å². The molecule has 0 bridgehead atoms. The van der Waals surface area contributed by atoms with Crippen LogP contribution in [0.25, 0.3) is 22.3 Å². The van der Waals surface area contributed by atoms with E-state index in [1.54, 1.807) is 15.8 Å². The number of aryl methyl sites for hydroxylation is 3. The maximum atomic E-state index is 12.8. The largest absolute Gasteiger partial charge is 0.342 e. The summed E-state index contributed by atoms with van der Waals surface area (Å²) in [4.78, 5) is 19.0. The van der Waals surface area contributed by atoms with E-state index in [4.69, 9.17) is 0 Å². The summed E-state index contributed by atoms with van der Waals surface area (Å²) in [5.74, 6) is -0.00118. The summed E-state index contributed by atoms with van der Waals surface area (Å²) in [6.07, 6.45) is 5.67. The Morgan fingerprint density at radius 3 is 2.74 bits per heavy atom. The number of nitrogens with zero attached hydrogens (tertiary/aromatic N) is 5. The van der Waals surface area contributed by atoms with Crippen molar-refractivity contribution < 1.29 is 4.79 Å². The molecule has 3 aromatic heterocycles. The molecule has 0 aliphatic rings. The number of rotatable bonds is 8. The van der Waals surface area contributed by atoms with E-state index in [0.29, 0.717) is 5.56 Å². The minimum atomic E-state index is -0.00118. The molecule has 0 saturated heterocycles. The molecule has 160 valence electrons. The van der Waals surface area contributed by atoms with Gasteiger partial charge in [0.25, 0.3) is 5.91 Å². The molecule has 4 rings (SSSR count). The van der Waals surface area contributed by atoms with Gasteiger partial charge in [-0.1, -0.05) is 36.8 Å². The summed E-state index contributed by atoms with van der Waals surface area (Å²) < 4.78 is 1.74. The second-order valence-electron chi connectivity index (χ2n) is 7.99. The highest BCUT2D eigenvalue weighted by molar-refractivity contribution is 5.97. The summed E-state index contributed by atoms with van der Waals surface area (Å²) in [6, 6.07) is 14.2. The smallest absolute Gasteiger partial charge is 0.255 e. The molecule has 0 atom stereocenters. The van der Waals surface area contributed by atoms with E-state index in [1.165, 1.54) is 0 Å². The van der Waals surface area contributed by atoms with Crippen LogP contribution in [0, 0.1) is 6.92 Å². The number of carbonyl (C=O) groups is 1. The van der Waals surface area contributed by atoms with Gasteiger partial charge in [-0.05, 0) is 38.3 Å². The third-order valence-corrected chi connectivity index (χ3v) is 5.60. The molecule has 4 aromatic rings. The molecule has 0 unspecified atom stereocenters. The number of hydrogen-bond donors (Lipinski definition) is 1. The van der Waals surface area contributed by atoms with Gasteiger partial charge in [0.2, 0.25) is 0 Å². The van der Waals surface area contributed by atoms with Crippen LogP contribution in [0.4, 0.5) is 0 Å². The van der Waals surface area contributed by atoms with Crippen molar-refractivity contribution >= 4 is 16.9 Å². The van der Waals surface area contributed by atoms with Crippen molar-refractivity contribution in [2.75, 3.05) is 13.6 Å². The van der Waals surface area contributed by atoms with Gasteiger partial charge in [-0.15, -0.1) is 0 Å². The first kappa shape index (κ1) is 20.8. The van der Waals surface area contributed by atoms with Crippen molar-refractivity contribution in [1.82, 2.24) is 29.9 Å². The van der Waals surface area contributed by atoms with Crippen molar-refractivity contribution in [2.24, 2.45) is 7.05 Å². The van der Waals surface area contributed by atoms with Crippen LogP contribution in [0.3, 0.4) is 0 Å². The Balaban J connectivity index is 1.24. The number of aromatic nitrogens is 5. The summed E-state index contributed by atoms with van der Waals surface area (Å²) in [5, 5.41) is 12.8. The van der Waals surface area contributed by atoms with E-state index in [1.807, 2.05) is 45.3 Å². The molecule has 7 heteroatoms. The number of fused-ring (bicyclic) bond motifs is 1. The molecule has 0 spiro atoms. The molecular weight excluding hydrogens is 388 g/mol. The maximum absolute atomic E-state index is 12.8. The van der Waals surface area contributed by atoms with E-state index in [9.17, 15) is 4.79 Å². The average Bonchev–Trinajstić information content (AvgIpc) is 3.37.